The summed E-state index contributed by atoms with van der Waals surface area (Å²) in [5.74, 6) is 2.12. The maximum Gasteiger partial charge on any atom is 0.244 e. The van der Waals surface area contributed by atoms with Gasteiger partial charge in [-0.15, -0.1) is 0 Å². The van der Waals surface area contributed by atoms with E-state index in [4.69, 9.17) is 4.74 Å². The highest BCUT2D eigenvalue weighted by Gasteiger charge is 2.46. The number of para-hydroxylation sites is 2. The SMILES string of the molecule is CCC1(CC)c2ccccc2B2c3ccc(N4C5=C(CCCC5)Oc5ccccc54)cc3Sc3cccc1c32. The molecule has 0 unspecified atom stereocenters. The van der Waals surface area contributed by atoms with Gasteiger partial charge >= 0.3 is 0 Å². The molecule has 4 aromatic carbocycles. The molecule has 192 valence electrons. The molecule has 4 heteroatoms. The summed E-state index contributed by atoms with van der Waals surface area (Å²) in [5, 5.41) is 0. The van der Waals surface area contributed by atoms with Gasteiger partial charge in [-0.2, -0.15) is 0 Å². The highest BCUT2D eigenvalue weighted by molar-refractivity contribution is 8.00. The van der Waals surface area contributed by atoms with Gasteiger partial charge in [0.2, 0.25) is 6.71 Å². The molecule has 3 aliphatic heterocycles. The fourth-order valence-electron chi connectivity index (χ4n) is 7.78. The molecule has 1 aliphatic carbocycles. The average molecular weight is 526 g/mol. The van der Waals surface area contributed by atoms with Crippen LogP contribution in [0.2, 0.25) is 0 Å². The Kier molecular flexibility index (Phi) is 5.32. The van der Waals surface area contributed by atoms with Gasteiger partial charge in [0.15, 0.2) is 5.75 Å². The molecule has 0 radical (unpaired) electrons. The lowest BCUT2D eigenvalue weighted by Gasteiger charge is -2.45. The van der Waals surface area contributed by atoms with Crippen LogP contribution >= 0.6 is 11.8 Å². The van der Waals surface area contributed by atoms with Gasteiger partial charge in [-0.05, 0) is 73.6 Å². The number of allylic oxidation sites excluding steroid dienone is 2. The van der Waals surface area contributed by atoms with Crippen molar-refractivity contribution in [3.05, 3.63) is 108 Å². The van der Waals surface area contributed by atoms with Crippen LogP contribution in [0.5, 0.6) is 5.75 Å². The zero-order chi connectivity index (χ0) is 26.1. The summed E-state index contributed by atoms with van der Waals surface area (Å²) in [5.41, 5.74) is 11.3. The van der Waals surface area contributed by atoms with E-state index < -0.39 is 0 Å². The molecule has 0 saturated heterocycles. The van der Waals surface area contributed by atoms with Crippen molar-refractivity contribution in [2.75, 3.05) is 4.90 Å². The number of rotatable bonds is 3. The summed E-state index contributed by atoms with van der Waals surface area (Å²) < 4.78 is 6.41. The molecule has 0 amide bonds. The van der Waals surface area contributed by atoms with Crippen LogP contribution in [0.25, 0.3) is 0 Å². The molecule has 4 aliphatic rings. The average Bonchev–Trinajstić information content (AvgIpc) is 2.99. The summed E-state index contributed by atoms with van der Waals surface area (Å²) in [4.78, 5) is 5.27. The van der Waals surface area contributed by atoms with E-state index in [0.29, 0.717) is 0 Å². The third kappa shape index (κ3) is 3.24. The molecule has 0 spiro atoms. The summed E-state index contributed by atoms with van der Waals surface area (Å²) in [6, 6.07) is 32.1. The topological polar surface area (TPSA) is 12.5 Å². The Labute approximate surface area is 236 Å². The van der Waals surface area contributed by atoms with Gasteiger partial charge in [0.25, 0.3) is 0 Å². The first-order chi connectivity index (χ1) is 19.2. The third-order valence-corrected chi connectivity index (χ3v) is 10.8. The van der Waals surface area contributed by atoms with E-state index in [1.54, 1.807) is 5.46 Å². The highest BCUT2D eigenvalue weighted by Crippen LogP contribution is 2.48. The van der Waals surface area contributed by atoms with Crippen molar-refractivity contribution < 1.29 is 4.74 Å². The standard InChI is InChI=1S/C35H32BNOS/c1-3-35(4-2)24-12-5-6-14-26(24)36-27-21-20-23(22-33(27)39-32-19-11-13-25(35)34(32)36)37-28-15-7-9-17-30(28)38-31-18-10-8-16-29(31)37/h5-7,9,11-15,17,19-22H,3-4,8,10,16,18H2,1-2H3. The molecule has 0 aromatic heterocycles. The molecule has 0 fully saturated rings. The summed E-state index contributed by atoms with van der Waals surface area (Å²) >= 11 is 1.96. The molecule has 8 rings (SSSR count). The molecule has 0 bridgehead atoms. The van der Waals surface area contributed by atoms with Crippen LogP contribution in [-0.4, -0.2) is 6.71 Å². The Balaban J connectivity index is 1.32. The number of fused-ring (bicyclic) bond motifs is 5. The minimum atomic E-state index is 0.0812. The van der Waals surface area contributed by atoms with Gasteiger partial charge in [0, 0.05) is 27.3 Å². The van der Waals surface area contributed by atoms with E-state index >= 15 is 0 Å². The Hall–Kier alpha value is -3.37. The van der Waals surface area contributed by atoms with Crippen molar-refractivity contribution in [2.45, 2.75) is 67.6 Å². The Morgan fingerprint density at radius 1 is 0.795 bits per heavy atom. The van der Waals surface area contributed by atoms with Crippen molar-refractivity contribution in [1.82, 2.24) is 0 Å². The number of benzene rings is 4. The van der Waals surface area contributed by atoms with Gasteiger partial charge in [0.05, 0.1) is 11.4 Å². The lowest BCUT2D eigenvalue weighted by Crippen LogP contribution is -2.63. The van der Waals surface area contributed by atoms with E-state index in [9.17, 15) is 0 Å². The molecule has 4 aromatic rings. The molecular formula is C35H32BNOS. The zero-order valence-electron chi connectivity index (χ0n) is 22.7. The van der Waals surface area contributed by atoms with Crippen LogP contribution in [0, 0.1) is 0 Å². The van der Waals surface area contributed by atoms with E-state index in [2.05, 4.69) is 104 Å². The molecule has 3 heterocycles. The molecule has 0 N–H and O–H groups in total. The Bertz CT molecular complexity index is 1670. The number of hydrogen-bond acceptors (Lipinski definition) is 3. The second-order valence-corrected chi connectivity index (χ2v) is 12.4. The molecular weight excluding hydrogens is 493 g/mol. The summed E-state index contributed by atoms with van der Waals surface area (Å²) in [6.07, 6.45) is 6.73. The Morgan fingerprint density at radius 3 is 2.49 bits per heavy atom. The fraction of sp³-hybridized carbons (Fsp3) is 0.257. The van der Waals surface area contributed by atoms with Gasteiger partial charge in [-0.25, -0.2) is 0 Å². The number of anilines is 2. The maximum atomic E-state index is 6.41. The second-order valence-electron chi connectivity index (χ2n) is 11.3. The quantitative estimate of drug-likeness (QED) is 0.228. The first-order valence-electron chi connectivity index (χ1n) is 14.6. The molecule has 2 nitrogen and oxygen atoms in total. The zero-order valence-corrected chi connectivity index (χ0v) is 23.5. The van der Waals surface area contributed by atoms with Gasteiger partial charge in [-0.1, -0.05) is 96.6 Å². The first kappa shape index (κ1) is 23.5. The first-order valence-corrected chi connectivity index (χ1v) is 15.4. The predicted molar refractivity (Wildman–Crippen MR) is 164 cm³/mol. The normalized spacial score (nSPS) is 17.9. The molecule has 0 saturated carbocycles. The summed E-state index contributed by atoms with van der Waals surface area (Å²) in [6.45, 7) is 5.01. The van der Waals surface area contributed by atoms with Crippen LogP contribution in [0.1, 0.15) is 63.5 Å². The Morgan fingerprint density at radius 2 is 1.59 bits per heavy atom. The van der Waals surface area contributed by atoms with Crippen LogP contribution < -0.4 is 26.0 Å². The predicted octanol–water partition coefficient (Wildman–Crippen LogP) is 7.40. The number of nitrogens with zero attached hydrogens (tertiary/aromatic N) is 1. The van der Waals surface area contributed by atoms with Crippen molar-refractivity contribution in [3.63, 3.8) is 0 Å². The number of hydrogen-bond donors (Lipinski definition) is 0. The third-order valence-electron chi connectivity index (χ3n) is 9.65. The maximum absolute atomic E-state index is 6.41. The number of ether oxygens (including phenoxy) is 1. The minimum Gasteiger partial charge on any atom is -0.458 e. The van der Waals surface area contributed by atoms with Crippen LogP contribution in [0.3, 0.4) is 0 Å². The van der Waals surface area contributed by atoms with Gasteiger partial charge in [-0.3, -0.25) is 0 Å². The van der Waals surface area contributed by atoms with E-state index in [-0.39, 0.29) is 12.1 Å². The van der Waals surface area contributed by atoms with Crippen LogP contribution in [0.15, 0.2) is 106 Å². The van der Waals surface area contributed by atoms with Gasteiger partial charge < -0.3 is 9.64 Å². The fourth-order valence-corrected chi connectivity index (χ4v) is 8.99. The largest absolute Gasteiger partial charge is 0.458 e. The van der Waals surface area contributed by atoms with Crippen molar-refractivity contribution in [2.24, 2.45) is 0 Å². The van der Waals surface area contributed by atoms with Gasteiger partial charge in [0.1, 0.15) is 5.76 Å². The van der Waals surface area contributed by atoms with Crippen molar-refractivity contribution in [1.29, 1.82) is 0 Å². The smallest absolute Gasteiger partial charge is 0.244 e. The van der Waals surface area contributed by atoms with Crippen molar-refractivity contribution in [3.8, 4) is 5.75 Å². The van der Waals surface area contributed by atoms with Crippen molar-refractivity contribution >= 4 is 46.2 Å². The molecule has 39 heavy (non-hydrogen) atoms. The van der Waals surface area contributed by atoms with E-state index in [1.807, 2.05) is 11.8 Å². The van der Waals surface area contributed by atoms with Crippen LogP contribution in [0.4, 0.5) is 11.4 Å². The lowest BCUT2D eigenvalue weighted by atomic mass is 9.31. The van der Waals surface area contributed by atoms with E-state index in [0.717, 1.165) is 42.9 Å². The molecule has 0 atom stereocenters. The highest BCUT2D eigenvalue weighted by atomic mass is 32.2. The monoisotopic (exact) mass is 525 g/mol. The summed E-state index contributed by atoms with van der Waals surface area (Å²) in [7, 11) is 0. The lowest BCUT2D eigenvalue weighted by molar-refractivity contribution is 0.363. The van der Waals surface area contributed by atoms with Crippen LogP contribution in [-0.2, 0) is 5.41 Å². The minimum absolute atomic E-state index is 0.0812. The second kappa shape index (κ2) is 8.82. The van der Waals surface area contributed by atoms with E-state index in [1.165, 1.54) is 56.1 Å².